The minimum Gasteiger partial charge on any atom is -0.356 e. The molecule has 1 aliphatic heterocycles. The Morgan fingerprint density at radius 1 is 1.21 bits per heavy atom. The number of carbonyl (C=O) groups is 1. The van der Waals surface area contributed by atoms with Crippen LogP contribution in [0.3, 0.4) is 0 Å². The molecule has 0 spiro atoms. The normalized spacial score (nSPS) is 16.6. The lowest BCUT2D eigenvalue weighted by molar-refractivity contribution is -0.0102. The number of aryl methyl sites for hydroxylation is 2. The molecular weight excluding hydrogens is 384 g/mol. The lowest BCUT2D eigenvalue weighted by Gasteiger charge is -2.26. The van der Waals surface area contributed by atoms with Gasteiger partial charge < -0.3 is 10.2 Å². The van der Waals surface area contributed by atoms with Gasteiger partial charge >= 0.3 is 0 Å². The highest BCUT2D eigenvalue weighted by Gasteiger charge is 2.33. The van der Waals surface area contributed by atoms with Crippen molar-refractivity contribution < 1.29 is 13.6 Å². The average Bonchev–Trinajstić information content (AvgIpc) is 2.80. The molecule has 1 aromatic heterocycles. The van der Waals surface area contributed by atoms with Crippen LogP contribution in [0.4, 0.5) is 20.3 Å². The van der Waals surface area contributed by atoms with Crippen molar-refractivity contribution in [2.75, 3.05) is 23.3 Å². The average molecular weight is 408 g/mol. The fraction of sp³-hybridized carbons (Fsp3) is 0.429. The largest absolute Gasteiger partial charge is 0.356 e. The number of nitrogens with one attached hydrogen (secondary N) is 1. The molecule has 1 aromatic carbocycles. The Morgan fingerprint density at radius 2 is 1.96 bits per heavy atom. The van der Waals surface area contributed by atoms with E-state index in [9.17, 15) is 13.6 Å². The number of nitrogens with zero attached hydrogens (tertiary/aromatic N) is 2. The van der Waals surface area contributed by atoms with Crippen LogP contribution in [0, 0.1) is 20.8 Å². The molecule has 7 heteroatoms. The Balaban J connectivity index is 1.99. The van der Waals surface area contributed by atoms with Gasteiger partial charge in [-0.2, -0.15) is 0 Å². The topological polar surface area (TPSA) is 45.2 Å². The Kier molecular flexibility index (Phi) is 5.89. The van der Waals surface area contributed by atoms with Crippen LogP contribution in [-0.2, 0) is 0 Å². The highest BCUT2D eigenvalue weighted by Crippen LogP contribution is 2.34. The van der Waals surface area contributed by atoms with E-state index in [4.69, 9.17) is 11.6 Å². The van der Waals surface area contributed by atoms with Crippen LogP contribution < -0.4 is 10.2 Å². The summed E-state index contributed by atoms with van der Waals surface area (Å²) in [5, 5.41) is 3.30. The first-order chi connectivity index (χ1) is 13.2. The quantitative estimate of drug-likeness (QED) is 0.726. The van der Waals surface area contributed by atoms with Crippen LogP contribution in [0.2, 0.25) is 5.02 Å². The summed E-state index contributed by atoms with van der Waals surface area (Å²) in [6, 6.07) is 7.46. The van der Waals surface area contributed by atoms with Crippen LogP contribution in [0.5, 0.6) is 0 Å². The molecule has 1 fully saturated rings. The first-order valence-electron chi connectivity index (χ1n) is 9.35. The van der Waals surface area contributed by atoms with E-state index in [1.165, 1.54) is 0 Å². The zero-order valence-corrected chi connectivity index (χ0v) is 17.0. The standard InChI is InChI=1S/C21H24ClF2N3O/c1-13-6-4-7-16(12-13)26-20(28)17-14(2)18(22)15(3)25-19(17)27-10-5-8-21(23,24)9-11-27/h4,6-7,12H,5,8-11H2,1-3H3,(H,26,28). The number of halogens is 3. The number of hydrogen-bond acceptors (Lipinski definition) is 3. The molecule has 0 atom stereocenters. The molecule has 4 nitrogen and oxygen atoms in total. The highest BCUT2D eigenvalue weighted by atomic mass is 35.5. The minimum absolute atomic E-state index is 0.144. The summed E-state index contributed by atoms with van der Waals surface area (Å²) in [5.74, 6) is -2.61. The number of benzene rings is 1. The third-order valence-corrected chi connectivity index (χ3v) is 5.60. The van der Waals surface area contributed by atoms with Gasteiger partial charge in [-0.25, -0.2) is 13.8 Å². The van der Waals surface area contributed by atoms with E-state index in [1.807, 2.05) is 25.1 Å². The molecule has 0 radical (unpaired) electrons. The summed E-state index contributed by atoms with van der Waals surface area (Å²) < 4.78 is 27.6. The summed E-state index contributed by atoms with van der Waals surface area (Å²) in [4.78, 5) is 19.4. The molecular formula is C21H24ClF2N3O. The van der Waals surface area contributed by atoms with Crippen molar-refractivity contribution in [3.8, 4) is 0 Å². The molecule has 1 amide bonds. The molecule has 1 aliphatic rings. The summed E-state index contributed by atoms with van der Waals surface area (Å²) in [6.45, 7) is 6.03. The van der Waals surface area contributed by atoms with Gasteiger partial charge in [0.2, 0.25) is 5.92 Å². The smallest absolute Gasteiger partial charge is 0.259 e. The van der Waals surface area contributed by atoms with E-state index >= 15 is 0 Å². The summed E-state index contributed by atoms with van der Waals surface area (Å²) in [7, 11) is 0. The van der Waals surface area contributed by atoms with Crippen molar-refractivity contribution in [3.63, 3.8) is 0 Å². The van der Waals surface area contributed by atoms with Crippen molar-refractivity contribution in [2.24, 2.45) is 0 Å². The van der Waals surface area contributed by atoms with E-state index in [0.29, 0.717) is 46.3 Å². The Morgan fingerprint density at radius 3 is 2.68 bits per heavy atom. The summed E-state index contributed by atoms with van der Waals surface area (Å²) >= 11 is 6.36. The van der Waals surface area contributed by atoms with Gasteiger partial charge in [-0.1, -0.05) is 23.7 Å². The SMILES string of the molecule is Cc1cccc(NC(=O)c2c(N3CCCC(F)(F)CC3)nc(C)c(Cl)c2C)c1. The minimum atomic E-state index is -2.69. The fourth-order valence-electron chi connectivity index (χ4n) is 3.51. The maximum absolute atomic E-state index is 13.8. The molecule has 1 saturated heterocycles. The second-order valence-corrected chi connectivity index (χ2v) is 7.73. The number of amides is 1. The number of carbonyl (C=O) groups excluding carboxylic acids is 1. The van der Waals surface area contributed by atoms with Crippen LogP contribution in [0.1, 0.15) is 46.4 Å². The van der Waals surface area contributed by atoms with Gasteiger partial charge in [-0.05, 0) is 50.5 Å². The van der Waals surface area contributed by atoms with Crippen LogP contribution in [0.25, 0.3) is 0 Å². The molecule has 0 bridgehead atoms. The number of rotatable bonds is 3. The lowest BCUT2D eigenvalue weighted by Crippen LogP contribution is -2.30. The van der Waals surface area contributed by atoms with E-state index in [1.54, 1.807) is 24.8 Å². The van der Waals surface area contributed by atoms with Crippen molar-refractivity contribution >= 4 is 29.0 Å². The molecule has 0 aliphatic carbocycles. The molecule has 2 heterocycles. The van der Waals surface area contributed by atoms with Gasteiger partial charge in [0, 0.05) is 31.6 Å². The second-order valence-electron chi connectivity index (χ2n) is 7.35. The van der Waals surface area contributed by atoms with E-state index < -0.39 is 5.92 Å². The molecule has 0 unspecified atom stereocenters. The zero-order valence-electron chi connectivity index (χ0n) is 16.3. The van der Waals surface area contributed by atoms with Crippen LogP contribution in [0.15, 0.2) is 24.3 Å². The van der Waals surface area contributed by atoms with Gasteiger partial charge in [0.05, 0.1) is 16.3 Å². The number of aromatic nitrogens is 1. The Labute approximate surface area is 168 Å². The number of anilines is 2. The maximum atomic E-state index is 13.8. The van der Waals surface area contributed by atoms with E-state index in [0.717, 1.165) is 5.56 Å². The molecule has 2 aromatic rings. The van der Waals surface area contributed by atoms with E-state index in [2.05, 4.69) is 10.3 Å². The van der Waals surface area contributed by atoms with E-state index in [-0.39, 0.29) is 25.3 Å². The second kappa shape index (κ2) is 8.03. The first-order valence-corrected chi connectivity index (χ1v) is 9.73. The first kappa shape index (κ1) is 20.5. The molecule has 28 heavy (non-hydrogen) atoms. The molecule has 1 N–H and O–H groups in total. The van der Waals surface area contributed by atoms with Crippen LogP contribution in [-0.4, -0.2) is 29.9 Å². The number of pyridine rings is 1. The molecule has 3 rings (SSSR count). The van der Waals surface area contributed by atoms with Gasteiger partial charge in [0.1, 0.15) is 5.82 Å². The van der Waals surface area contributed by atoms with Crippen LogP contribution >= 0.6 is 11.6 Å². The maximum Gasteiger partial charge on any atom is 0.259 e. The third-order valence-electron chi connectivity index (χ3n) is 5.04. The monoisotopic (exact) mass is 407 g/mol. The number of alkyl halides is 2. The van der Waals surface area contributed by atoms with Crippen molar-refractivity contribution in [2.45, 2.75) is 46.0 Å². The predicted octanol–water partition coefficient (Wildman–Crippen LogP) is 5.54. The third kappa shape index (κ3) is 4.43. The van der Waals surface area contributed by atoms with Gasteiger partial charge in [-0.3, -0.25) is 4.79 Å². The van der Waals surface area contributed by atoms with Gasteiger partial charge in [0.15, 0.2) is 0 Å². The zero-order chi connectivity index (χ0) is 20.5. The fourth-order valence-corrected chi connectivity index (χ4v) is 3.64. The highest BCUT2D eigenvalue weighted by molar-refractivity contribution is 6.32. The lowest BCUT2D eigenvalue weighted by atomic mass is 10.1. The molecule has 0 saturated carbocycles. The van der Waals surface area contributed by atoms with Gasteiger partial charge in [-0.15, -0.1) is 0 Å². The summed E-state index contributed by atoms with van der Waals surface area (Å²) in [5.41, 5.74) is 3.20. The summed E-state index contributed by atoms with van der Waals surface area (Å²) in [6.07, 6.45) is -0.0669. The van der Waals surface area contributed by atoms with Gasteiger partial charge in [0.25, 0.3) is 5.91 Å². The van der Waals surface area contributed by atoms with Crippen molar-refractivity contribution in [1.82, 2.24) is 4.98 Å². The number of hydrogen-bond donors (Lipinski definition) is 1. The molecule has 150 valence electrons. The Bertz CT molecular complexity index is 901. The predicted molar refractivity (Wildman–Crippen MR) is 109 cm³/mol. The van der Waals surface area contributed by atoms with Crippen molar-refractivity contribution in [1.29, 1.82) is 0 Å². The van der Waals surface area contributed by atoms with Crippen molar-refractivity contribution in [3.05, 3.63) is 51.7 Å². The Hall–Kier alpha value is -2.21.